The fourth-order valence-electron chi connectivity index (χ4n) is 1.42. The summed E-state index contributed by atoms with van der Waals surface area (Å²) in [6.07, 6.45) is -9.35. The minimum atomic E-state index is -8.64. The summed E-state index contributed by atoms with van der Waals surface area (Å²) in [5.41, 5.74) is 0. The van der Waals surface area contributed by atoms with Crippen LogP contribution in [0, 0.1) is 6.42 Å². The number of rotatable bonds is 8. The lowest BCUT2D eigenvalue weighted by Crippen LogP contribution is -2.74. The van der Waals surface area contributed by atoms with Crippen molar-refractivity contribution in [3.63, 3.8) is 0 Å². The maximum absolute atomic E-state index is 13.1. The molecule has 0 unspecified atom stereocenters. The minimum absolute atomic E-state index is 1.57. The number of halogens is 17. The number of hydrogen-bond donors (Lipinski definition) is 1. The lowest BCUT2D eigenvalue weighted by Gasteiger charge is -2.42. The Morgan fingerprint density at radius 2 is 0.679 bits per heavy atom. The number of alkyl halides is 17. The highest BCUT2D eigenvalue weighted by Crippen LogP contribution is 2.64. The summed E-state index contributed by atoms with van der Waals surface area (Å²) < 4.78 is 216. The molecule has 28 heavy (non-hydrogen) atoms. The molecule has 1 N–H and O–H groups in total. The lowest BCUT2D eigenvalue weighted by molar-refractivity contribution is -0.460. The van der Waals surface area contributed by atoms with Crippen molar-refractivity contribution in [2.45, 2.75) is 47.6 Å². The van der Waals surface area contributed by atoms with Crippen LogP contribution >= 0.6 is 0 Å². The van der Waals surface area contributed by atoms with E-state index in [2.05, 4.69) is 0 Å². The van der Waals surface area contributed by atoms with Crippen molar-refractivity contribution in [2.24, 2.45) is 0 Å². The molecule has 1 radical (unpaired) electrons. The van der Waals surface area contributed by atoms with E-state index in [0.717, 1.165) is 0 Å². The van der Waals surface area contributed by atoms with Gasteiger partial charge in [0.1, 0.15) is 0 Å². The van der Waals surface area contributed by atoms with Crippen LogP contribution in [0.3, 0.4) is 0 Å². The molecule has 0 saturated carbocycles. The molecule has 18 heteroatoms. The minimum Gasteiger partial charge on any atom is -0.396 e. The molecule has 0 saturated heterocycles. The standard InChI is InChI=1S/C10H4F17O/c11-3(12,1-2-28)4(13,14)5(15,16)6(17,18)7(19,20)8(21,22)9(23,24)10(25,26)27/h1,28H,2H2. The van der Waals surface area contributed by atoms with Crippen LogP contribution in [0.5, 0.6) is 0 Å². The van der Waals surface area contributed by atoms with Crippen molar-refractivity contribution >= 4 is 0 Å². The molecule has 0 bridgehead atoms. The average molecular weight is 463 g/mol. The van der Waals surface area contributed by atoms with Gasteiger partial charge in [-0.3, -0.25) is 0 Å². The van der Waals surface area contributed by atoms with E-state index >= 15 is 0 Å². The van der Waals surface area contributed by atoms with E-state index in [1.54, 1.807) is 0 Å². The normalized spacial score (nSPS) is 16.5. The highest BCUT2D eigenvalue weighted by atomic mass is 19.4. The van der Waals surface area contributed by atoms with Crippen LogP contribution in [-0.2, 0) is 0 Å². The van der Waals surface area contributed by atoms with Crippen LogP contribution in [0.2, 0.25) is 0 Å². The average Bonchev–Trinajstić information content (AvgIpc) is 2.44. The fourth-order valence-corrected chi connectivity index (χ4v) is 1.42. The zero-order valence-electron chi connectivity index (χ0n) is 12.2. The van der Waals surface area contributed by atoms with Crippen LogP contribution in [-0.4, -0.2) is 59.3 Å². The van der Waals surface area contributed by atoms with Crippen molar-refractivity contribution in [1.82, 2.24) is 0 Å². The maximum Gasteiger partial charge on any atom is 0.460 e. The molecule has 0 heterocycles. The second kappa shape index (κ2) is 6.65. The molecule has 0 fully saturated rings. The van der Waals surface area contributed by atoms with Gasteiger partial charge in [-0.1, -0.05) is 0 Å². The van der Waals surface area contributed by atoms with Gasteiger partial charge in [-0.25, -0.2) is 0 Å². The Balaban J connectivity index is 6.63. The summed E-state index contributed by atoms with van der Waals surface area (Å²) in [7, 11) is 0. The van der Waals surface area contributed by atoms with Crippen LogP contribution in [0.15, 0.2) is 0 Å². The molecule has 0 aromatic carbocycles. The SMILES string of the molecule is OC[CH]C(F)(F)C(F)(F)C(F)(F)C(F)(F)C(F)(F)C(F)(F)C(F)(F)C(F)(F)F. The van der Waals surface area contributed by atoms with E-state index in [0.29, 0.717) is 0 Å². The maximum atomic E-state index is 13.1. The molecular formula is C10H4F17O. The van der Waals surface area contributed by atoms with Gasteiger partial charge in [0.2, 0.25) is 0 Å². The van der Waals surface area contributed by atoms with Crippen LogP contribution in [0.4, 0.5) is 74.6 Å². The topological polar surface area (TPSA) is 20.2 Å². The Bertz CT molecular complexity index is 559. The molecule has 0 amide bonds. The smallest absolute Gasteiger partial charge is 0.396 e. The molecular weight excluding hydrogens is 459 g/mol. The summed E-state index contributed by atoms with van der Waals surface area (Å²) in [5, 5.41) is 7.93. The van der Waals surface area contributed by atoms with Gasteiger partial charge in [0.25, 0.3) is 0 Å². The van der Waals surface area contributed by atoms with Crippen molar-refractivity contribution in [2.75, 3.05) is 6.61 Å². The first-order valence-corrected chi connectivity index (χ1v) is 5.98. The van der Waals surface area contributed by atoms with Crippen molar-refractivity contribution in [1.29, 1.82) is 0 Å². The molecule has 0 rings (SSSR count). The van der Waals surface area contributed by atoms with Crippen molar-refractivity contribution < 1.29 is 79.7 Å². The van der Waals surface area contributed by atoms with Gasteiger partial charge >= 0.3 is 47.6 Å². The van der Waals surface area contributed by atoms with E-state index in [4.69, 9.17) is 5.11 Å². The van der Waals surface area contributed by atoms with E-state index in [1.165, 1.54) is 0 Å². The third-order valence-electron chi connectivity index (χ3n) is 3.09. The van der Waals surface area contributed by atoms with E-state index in [-0.39, 0.29) is 0 Å². The predicted octanol–water partition coefficient (Wildman–Crippen LogP) is 5.19. The van der Waals surface area contributed by atoms with Gasteiger partial charge < -0.3 is 5.11 Å². The van der Waals surface area contributed by atoms with Gasteiger partial charge in [0.15, 0.2) is 0 Å². The van der Waals surface area contributed by atoms with Crippen LogP contribution in [0.1, 0.15) is 0 Å². The molecule has 0 aromatic rings. The van der Waals surface area contributed by atoms with Crippen molar-refractivity contribution in [3.8, 4) is 0 Å². The van der Waals surface area contributed by atoms with Gasteiger partial charge in [-0.15, -0.1) is 0 Å². The zero-order valence-corrected chi connectivity index (χ0v) is 12.2. The van der Waals surface area contributed by atoms with Gasteiger partial charge in [-0.05, 0) is 0 Å². The third-order valence-corrected chi connectivity index (χ3v) is 3.09. The van der Waals surface area contributed by atoms with Crippen LogP contribution in [0.25, 0.3) is 0 Å². The largest absolute Gasteiger partial charge is 0.460 e. The second-order valence-electron chi connectivity index (χ2n) is 4.95. The summed E-state index contributed by atoms with van der Waals surface area (Å²) in [5.74, 6) is -56.6. The number of hydrogen-bond acceptors (Lipinski definition) is 1. The van der Waals surface area contributed by atoms with Gasteiger partial charge in [-0.2, -0.15) is 74.6 Å². The molecule has 0 aromatic heterocycles. The Morgan fingerprint density at radius 1 is 0.429 bits per heavy atom. The molecule has 0 spiro atoms. The Morgan fingerprint density at radius 3 is 0.929 bits per heavy atom. The molecule has 0 aliphatic carbocycles. The molecule has 0 aliphatic rings. The highest BCUT2D eigenvalue weighted by Gasteiger charge is 2.95. The predicted molar refractivity (Wildman–Crippen MR) is 52.1 cm³/mol. The summed E-state index contributed by atoms with van der Waals surface area (Å²) >= 11 is 0. The quantitative estimate of drug-likeness (QED) is 0.492. The first-order valence-electron chi connectivity index (χ1n) is 5.98. The molecule has 0 aliphatic heterocycles. The zero-order chi connectivity index (χ0) is 23.4. The summed E-state index contributed by atoms with van der Waals surface area (Å²) in [6.45, 7) is -2.29. The number of aliphatic hydroxyl groups excluding tert-OH is 1. The van der Waals surface area contributed by atoms with Gasteiger partial charge in [0.05, 0.1) is 13.0 Å². The monoisotopic (exact) mass is 463 g/mol. The van der Waals surface area contributed by atoms with Crippen LogP contribution < -0.4 is 0 Å². The third kappa shape index (κ3) is 3.24. The van der Waals surface area contributed by atoms with Gasteiger partial charge in [0, 0.05) is 0 Å². The summed E-state index contributed by atoms with van der Waals surface area (Å²) in [4.78, 5) is 0. The van der Waals surface area contributed by atoms with Crippen molar-refractivity contribution in [3.05, 3.63) is 6.42 Å². The Labute approximate surface area is 142 Å². The molecule has 1 nitrogen and oxygen atoms in total. The van der Waals surface area contributed by atoms with E-state index in [1.807, 2.05) is 0 Å². The fraction of sp³-hybridized carbons (Fsp3) is 0.900. The summed E-state index contributed by atoms with van der Waals surface area (Å²) in [6, 6.07) is 0. The highest BCUT2D eigenvalue weighted by molar-refractivity contribution is 5.16. The Kier molecular flexibility index (Phi) is 6.36. The number of aliphatic hydroxyl groups is 1. The first-order chi connectivity index (χ1) is 11.8. The molecule has 169 valence electrons. The second-order valence-corrected chi connectivity index (χ2v) is 4.95. The first kappa shape index (κ1) is 26.8. The van der Waals surface area contributed by atoms with E-state index in [9.17, 15) is 74.6 Å². The Hall–Kier alpha value is -1.23. The lowest BCUT2D eigenvalue weighted by atomic mass is 9.88. The molecule has 0 atom stereocenters. The van der Waals surface area contributed by atoms with E-state index < -0.39 is 60.7 Å².